The van der Waals surface area contributed by atoms with Gasteiger partial charge in [-0.05, 0) is 25.1 Å². The van der Waals surface area contributed by atoms with Gasteiger partial charge in [-0.15, -0.1) is 0 Å². The maximum absolute atomic E-state index is 11.3. The predicted molar refractivity (Wildman–Crippen MR) is 57.7 cm³/mol. The molecule has 2 rings (SSSR count). The molecule has 6 heteroatoms. The van der Waals surface area contributed by atoms with E-state index in [1.807, 2.05) is 30.5 Å². The highest BCUT2D eigenvalue weighted by atomic mass is 16.2. The average Bonchev–Trinajstić information content (AvgIpc) is 2.71. The molecule has 2 aromatic rings. The number of amides is 1. The minimum Gasteiger partial charge on any atom is -0.289 e. The van der Waals surface area contributed by atoms with Gasteiger partial charge in [0.1, 0.15) is 0 Å². The van der Waals surface area contributed by atoms with Crippen molar-refractivity contribution < 1.29 is 4.79 Å². The average molecular weight is 217 g/mol. The Morgan fingerprint density at radius 2 is 2.31 bits per heavy atom. The molecule has 0 atom stereocenters. The van der Waals surface area contributed by atoms with Crippen LogP contribution in [0.15, 0.2) is 30.5 Å². The van der Waals surface area contributed by atoms with Crippen molar-refractivity contribution in [2.24, 2.45) is 5.84 Å². The van der Waals surface area contributed by atoms with E-state index in [2.05, 4.69) is 10.1 Å². The van der Waals surface area contributed by atoms with Crippen LogP contribution in [0, 0.1) is 6.92 Å². The summed E-state index contributed by atoms with van der Waals surface area (Å²) in [4.78, 5) is 15.4. The smallest absolute Gasteiger partial charge is 0.285 e. The minimum absolute atomic E-state index is 0.269. The van der Waals surface area contributed by atoms with Crippen LogP contribution in [0.2, 0.25) is 0 Å². The van der Waals surface area contributed by atoms with Crippen molar-refractivity contribution in [2.75, 3.05) is 0 Å². The van der Waals surface area contributed by atoms with Gasteiger partial charge in [-0.25, -0.2) is 15.5 Å². The zero-order chi connectivity index (χ0) is 11.5. The molecule has 3 N–H and O–H groups in total. The van der Waals surface area contributed by atoms with Crippen LogP contribution in [-0.2, 0) is 0 Å². The van der Waals surface area contributed by atoms with E-state index in [0.717, 1.165) is 5.69 Å². The minimum atomic E-state index is -0.419. The molecule has 0 bridgehead atoms. The van der Waals surface area contributed by atoms with E-state index in [9.17, 15) is 4.79 Å². The Balaban J connectivity index is 2.44. The second-order valence-electron chi connectivity index (χ2n) is 3.24. The Kier molecular flexibility index (Phi) is 2.65. The van der Waals surface area contributed by atoms with Crippen molar-refractivity contribution in [3.8, 4) is 5.82 Å². The molecule has 1 amide bonds. The van der Waals surface area contributed by atoms with Gasteiger partial charge < -0.3 is 0 Å². The molecular weight excluding hydrogens is 206 g/mol. The standard InChI is InChI=1S/C10H11N5O/c1-7-6-8(10(16)13-11)14-15(7)9-4-2-3-5-12-9/h2-6H,11H2,1H3,(H,13,16). The fourth-order valence-corrected chi connectivity index (χ4v) is 1.37. The zero-order valence-electron chi connectivity index (χ0n) is 8.71. The summed E-state index contributed by atoms with van der Waals surface area (Å²) in [5.74, 6) is 5.28. The Hall–Kier alpha value is -2.21. The summed E-state index contributed by atoms with van der Waals surface area (Å²) >= 11 is 0. The third-order valence-electron chi connectivity index (χ3n) is 2.12. The van der Waals surface area contributed by atoms with E-state index in [-0.39, 0.29) is 5.69 Å². The molecule has 2 heterocycles. The van der Waals surface area contributed by atoms with Gasteiger partial charge in [0.25, 0.3) is 5.91 Å². The van der Waals surface area contributed by atoms with Crippen LogP contribution < -0.4 is 11.3 Å². The summed E-state index contributed by atoms with van der Waals surface area (Å²) in [7, 11) is 0. The van der Waals surface area contributed by atoms with Crippen molar-refractivity contribution in [1.29, 1.82) is 0 Å². The van der Waals surface area contributed by atoms with E-state index in [0.29, 0.717) is 5.82 Å². The Bertz CT molecular complexity index is 505. The maximum Gasteiger partial charge on any atom is 0.285 e. The molecule has 0 saturated heterocycles. The Morgan fingerprint density at radius 3 is 2.94 bits per heavy atom. The number of pyridine rings is 1. The lowest BCUT2D eigenvalue weighted by Gasteiger charge is -2.01. The monoisotopic (exact) mass is 217 g/mol. The number of carbonyl (C=O) groups excluding carboxylic acids is 1. The van der Waals surface area contributed by atoms with Crippen LogP contribution in [0.3, 0.4) is 0 Å². The molecule has 16 heavy (non-hydrogen) atoms. The second-order valence-corrected chi connectivity index (χ2v) is 3.24. The highest BCUT2D eigenvalue weighted by Gasteiger charge is 2.12. The first-order chi connectivity index (χ1) is 7.72. The lowest BCUT2D eigenvalue weighted by molar-refractivity contribution is 0.0948. The molecule has 0 unspecified atom stereocenters. The largest absolute Gasteiger partial charge is 0.289 e. The number of hydrogen-bond donors (Lipinski definition) is 2. The molecule has 2 aromatic heterocycles. The number of aromatic nitrogens is 3. The molecule has 0 aliphatic carbocycles. The third kappa shape index (κ3) is 1.78. The number of nitrogens with two attached hydrogens (primary N) is 1. The van der Waals surface area contributed by atoms with Gasteiger partial charge >= 0.3 is 0 Å². The van der Waals surface area contributed by atoms with Crippen molar-refractivity contribution in [3.63, 3.8) is 0 Å². The summed E-state index contributed by atoms with van der Waals surface area (Å²) < 4.78 is 1.59. The molecule has 0 radical (unpaired) electrons. The van der Waals surface area contributed by atoms with Crippen LogP contribution in [0.1, 0.15) is 16.2 Å². The third-order valence-corrected chi connectivity index (χ3v) is 2.12. The van der Waals surface area contributed by atoms with Gasteiger partial charge in [0.2, 0.25) is 0 Å². The first kappa shape index (κ1) is 10.3. The van der Waals surface area contributed by atoms with Crippen LogP contribution >= 0.6 is 0 Å². The van der Waals surface area contributed by atoms with Gasteiger partial charge in [0, 0.05) is 11.9 Å². The summed E-state index contributed by atoms with van der Waals surface area (Å²) in [6.07, 6.45) is 1.67. The summed E-state index contributed by atoms with van der Waals surface area (Å²) in [5.41, 5.74) is 3.12. The van der Waals surface area contributed by atoms with Crippen LogP contribution in [0.5, 0.6) is 0 Å². The number of aryl methyl sites for hydroxylation is 1. The first-order valence-corrected chi connectivity index (χ1v) is 4.71. The molecule has 0 aliphatic rings. The molecule has 6 nitrogen and oxygen atoms in total. The molecule has 0 spiro atoms. The van der Waals surface area contributed by atoms with Gasteiger partial charge in [-0.3, -0.25) is 10.2 Å². The highest BCUT2D eigenvalue weighted by molar-refractivity contribution is 5.91. The molecular formula is C10H11N5O. The highest BCUT2D eigenvalue weighted by Crippen LogP contribution is 2.09. The summed E-state index contributed by atoms with van der Waals surface area (Å²) in [6, 6.07) is 7.13. The van der Waals surface area contributed by atoms with Gasteiger partial charge in [0.05, 0.1) is 0 Å². The quantitative estimate of drug-likeness (QED) is 0.427. The van der Waals surface area contributed by atoms with Crippen LogP contribution in [0.4, 0.5) is 0 Å². The number of nitrogen functional groups attached to an aromatic ring is 1. The predicted octanol–water partition coefficient (Wildman–Crippen LogP) is 0.179. The van der Waals surface area contributed by atoms with Crippen molar-refractivity contribution in [2.45, 2.75) is 6.92 Å². The van der Waals surface area contributed by atoms with E-state index >= 15 is 0 Å². The number of nitrogens with zero attached hydrogens (tertiary/aromatic N) is 3. The van der Waals surface area contributed by atoms with Crippen LogP contribution in [-0.4, -0.2) is 20.7 Å². The molecule has 0 fully saturated rings. The number of carbonyl (C=O) groups is 1. The number of nitrogens with one attached hydrogen (secondary N) is 1. The SMILES string of the molecule is Cc1cc(C(=O)NN)nn1-c1ccccn1. The first-order valence-electron chi connectivity index (χ1n) is 4.71. The summed E-state index contributed by atoms with van der Waals surface area (Å²) in [6.45, 7) is 1.84. The van der Waals surface area contributed by atoms with E-state index < -0.39 is 5.91 Å². The van der Waals surface area contributed by atoms with Gasteiger partial charge in [-0.1, -0.05) is 6.07 Å². The molecule has 0 saturated carbocycles. The van der Waals surface area contributed by atoms with E-state index in [1.165, 1.54) is 0 Å². The maximum atomic E-state index is 11.3. The number of hydrazine groups is 1. The second kappa shape index (κ2) is 4.11. The normalized spacial score (nSPS) is 10.1. The molecule has 0 aromatic carbocycles. The van der Waals surface area contributed by atoms with Gasteiger partial charge in [0.15, 0.2) is 11.5 Å². The van der Waals surface area contributed by atoms with Crippen LogP contribution in [0.25, 0.3) is 5.82 Å². The summed E-state index contributed by atoms with van der Waals surface area (Å²) in [5, 5.41) is 4.11. The van der Waals surface area contributed by atoms with E-state index in [4.69, 9.17) is 5.84 Å². The topological polar surface area (TPSA) is 85.8 Å². The number of hydrogen-bond acceptors (Lipinski definition) is 4. The number of rotatable bonds is 2. The lowest BCUT2D eigenvalue weighted by atomic mass is 10.3. The van der Waals surface area contributed by atoms with Crippen molar-refractivity contribution in [1.82, 2.24) is 20.2 Å². The Labute approximate surface area is 92.1 Å². The van der Waals surface area contributed by atoms with Crippen molar-refractivity contribution >= 4 is 5.91 Å². The Morgan fingerprint density at radius 1 is 1.50 bits per heavy atom. The van der Waals surface area contributed by atoms with Gasteiger partial charge in [-0.2, -0.15) is 5.10 Å². The lowest BCUT2D eigenvalue weighted by Crippen LogP contribution is -2.30. The molecule has 82 valence electrons. The zero-order valence-corrected chi connectivity index (χ0v) is 8.71. The fraction of sp³-hybridized carbons (Fsp3) is 0.100. The fourth-order valence-electron chi connectivity index (χ4n) is 1.37. The molecule has 0 aliphatic heterocycles. The van der Waals surface area contributed by atoms with Crippen molar-refractivity contribution in [3.05, 3.63) is 41.9 Å². The van der Waals surface area contributed by atoms with E-state index in [1.54, 1.807) is 16.9 Å².